The smallest absolute Gasteiger partial charge is 0.255 e. The van der Waals surface area contributed by atoms with Crippen molar-refractivity contribution in [3.05, 3.63) is 53.6 Å². The lowest BCUT2D eigenvalue weighted by atomic mass is 10.1. The van der Waals surface area contributed by atoms with Crippen molar-refractivity contribution in [2.24, 2.45) is 0 Å². The molecule has 4 heteroatoms. The van der Waals surface area contributed by atoms with Crippen molar-refractivity contribution in [3.8, 4) is 0 Å². The number of benzene rings is 2. The van der Waals surface area contributed by atoms with Crippen LogP contribution in [0, 0.1) is 0 Å². The Kier molecular flexibility index (Phi) is 4.48. The number of hydrogen-bond donors (Lipinski definition) is 2. The molecule has 0 atom stereocenters. The number of nitrogens with one attached hydrogen (secondary N) is 1. The highest BCUT2D eigenvalue weighted by Gasteiger charge is 2.09. The Labute approximate surface area is 125 Å². The molecule has 3 N–H and O–H groups in total. The van der Waals surface area contributed by atoms with Crippen LogP contribution in [0.1, 0.15) is 22.8 Å². The van der Waals surface area contributed by atoms with E-state index in [0.717, 1.165) is 17.8 Å². The molecule has 2 rings (SSSR count). The SMILES string of the molecule is CCc1ccc(NC(=O)c2ccc(N(C)C)c(N)c2)cc1. The minimum Gasteiger partial charge on any atom is -0.397 e. The Morgan fingerprint density at radius 2 is 1.81 bits per heavy atom. The van der Waals surface area contributed by atoms with Crippen LogP contribution < -0.4 is 16.0 Å². The third-order valence-electron chi connectivity index (χ3n) is 3.39. The van der Waals surface area contributed by atoms with Crippen molar-refractivity contribution in [1.29, 1.82) is 0 Å². The first-order valence-corrected chi connectivity index (χ1v) is 6.98. The van der Waals surface area contributed by atoms with Gasteiger partial charge >= 0.3 is 0 Å². The van der Waals surface area contributed by atoms with E-state index in [9.17, 15) is 4.79 Å². The molecule has 0 aliphatic carbocycles. The molecule has 0 radical (unpaired) electrons. The van der Waals surface area contributed by atoms with E-state index in [4.69, 9.17) is 5.73 Å². The van der Waals surface area contributed by atoms with Crippen LogP contribution in [-0.4, -0.2) is 20.0 Å². The number of nitrogens with zero attached hydrogens (tertiary/aromatic N) is 1. The number of rotatable bonds is 4. The molecule has 0 unspecified atom stereocenters. The van der Waals surface area contributed by atoms with Crippen molar-refractivity contribution in [2.45, 2.75) is 13.3 Å². The second-order valence-corrected chi connectivity index (χ2v) is 5.17. The molecule has 0 aliphatic heterocycles. The lowest BCUT2D eigenvalue weighted by Gasteiger charge is -2.16. The average Bonchev–Trinajstić information content (AvgIpc) is 2.47. The minimum absolute atomic E-state index is 0.156. The molecule has 0 aromatic heterocycles. The van der Waals surface area contributed by atoms with Crippen LogP contribution in [0.15, 0.2) is 42.5 Å². The third kappa shape index (κ3) is 3.54. The van der Waals surface area contributed by atoms with Crippen molar-refractivity contribution in [3.63, 3.8) is 0 Å². The van der Waals surface area contributed by atoms with E-state index in [0.29, 0.717) is 11.3 Å². The number of amides is 1. The highest BCUT2D eigenvalue weighted by atomic mass is 16.1. The summed E-state index contributed by atoms with van der Waals surface area (Å²) in [4.78, 5) is 14.1. The zero-order valence-electron chi connectivity index (χ0n) is 12.7. The summed E-state index contributed by atoms with van der Waals surface area (Å²) >= 11 is 0. The van der Waals surface area contributed by atoms with Gasteiger partial charge in [-0.05, 0) is 42.3 Å². The van der Waals surface area contributed by atoms with Crippen LogP contribution in [-0.2, 0) is 6.42 Å². The zero-order valence-corrected chi connectivity index (χ0v) is 12.7. The zero-order chi connectivity index (χ0) is 15.4. The molecule has 0 fully saturated rings. The molecule has 0 saturated heterocycles. The second kappa shape index (κ2) is 6.31. The molecule has 4 nitrogen and oxygen atoms in total. The fourth-order valence-electron chi connectivity index (χ4n) is 2.13. The average molecular weight is 283 g/mol. The Morgan fingerprint density at radius 1 is 1.14 bits per heavy atom. The van der Waals surface area contributed by atoms with Gasteiger partial charge in [-0.1, -0.05) is 19.1 Å². The van der Waals surface area contributed by atoms with Crippen molar-refractivity contribution >= 4 is 23.0 Å². The van der Waals surface area contributed by atoms with Crippen LogP contribution >= 0.6 is 0 Å². The second-order valence-electron chi connectivity index (χ2n) is 5.17. The highest BCUT2D eigenvalue weighted by molar-refractivity contribution is 6.05. The summed E-state index contributed by atoms with van der Waals surface area (Å²) in [5.74, 6) is -0.156. The number of aryl methyl sites for hydroxylation is 1. The number of nitrogen functional groups attached to an aromatic ring is 1. The third-order valence-corrected chi connectivity index (χ3v) is 3.39. The summed E-state index contributed by atoms with van der Waals surface area (Å²) in [5.41, 5.74) is 10.0. The van der Waals surface area contributed by atoms with Gasteiger partial charge in [0.1, 0.15) is 0 Å². The van der Waals surface area contributed by atoms with Gasteiger partial charge in [0, 0.05) is 25.3 Å². The summed E-state index contributed by atoms with van der Waals surface area (Å²) in [7, 11) is 3.83. The van der Waals surface area contributed by atoms with Gasteiger partial charge in [-0.3, -0.25) is 4.79 Å². The van der Waals surface area contributed by atoms with Gasteiger partial charge in [0.25, 0.3) is 5.91 Å². The summed E-state index contributed by atoms with van der Waals surface area (Å²) in [5, 5.41) is 2.88. The Hall–Kier alpha value is -2.49. The number of hydrogen-bond acceptors (Lipinski definition) is 3. The highest BCUT2D eigenvalue weighted by Crippen LogP contribution is 2.23. The van der Waals surface area contributed by atoms with Gasteiger partial charge in [-0.25, -0.2) is 0 Å². The minimum atomic E-state index is -0.156. The van der Waals surface area contributed by atoms with Crippen molar-refractivity contribution in [1.82, 2.24) is 0 Å². The number of carbonyl (C=O) groups excluding carboxylic acids is 1. The molecule has 0 saturated carbocycles. The van der Waals surface area contributed by atoms with Crippen LogP contribution in [0.4, 0.5) is 17.1 Å². The maximum Gasteiger partial charge on any atom is 0.255 e. The van der Waals surface area contributed by atoms with E-state index in [2.05, 4.69) is 12.2 Å². The monoisotopic (exact) mass is 283 g/mol. The molecule has 0 heterocycles. The summed E-state index contributed by atoms with van der Waals surface area (Å²) in [6.07, 6.45) is 0.983. The van der Waals surface area contributed by atoms with Gasteiger partial charge in [-0.2, -0.15) is 0 Å². The largest absolute Gasteiger partial charge is 0.397 e. The fraction of sp³-hybridized carbons (Fsp3) is 0.235. The standard InChI is InChI=1S/C17H21N3O/c1-4-12-5-8-14(9-6-12)19-17(21)13-7-10-16(20(2)3)15(18)11-13/h5-11H,4,18H2,1-3H3,(H,19,21). The lowest BCUT2D eigenvalue weighted by molar-refractivity contribution is 0.102. The van der Waals surface area contributed by atoms with Crippen LogP contribution in [0.2, 0.25) is 0 Å². The summed E-state index contributed by atoms with van der Waals surface area (Å²) < 4.78 is 0. The summed E-state index contributed by atoms with van der Waals surface area (Å²) in [6, 6.07) is 13.2. The Balaban J connectivity index is 2.14. The topological polar surface area (TPSA) is 58.4 Å². The summed E-state index contributed by atoms with van der Waals surface area (Å²) in [6.45, 7) is 2.10. The predicted octanol–water partition coefficient (Wildman–Crippen LogP) is 3.15. The van der Waals surface area contributed by atoms with Crippen LogP contribution in [0.5, 0.6) is 0 Å². The number of carbonyl (C=O) groups is 1. The molecule has 0 spiro atoms. The van der Waals surface area contributed by atoms with Crippen molar-refractivity contribution in [2.75, 3.05) is 30.0 Å². The molecular weight excluding hydrogens is 262 g/mol. The first-order valence-electron chi connectivity index (χ1n) is 6.98. The van der Waals surface area contributed by atoms with E-state index >= 15 is 0 Å². The van der Waals surface area contributed by atoms with E-state index in [-0.39, 0.29) is 5.91 Å². The van der Waals surface area contributed by atoms with Crippen LogP contribution in [0.3, 0.4) is 0 Å². The number of nitrogens with two attached hydrogens (primary N) is 1. The van der Waals surface area contributed by atoms with Crippen LogP contribution in [0.25, 0.3) is 0 Å². The normalized spacial score (nSPS) is 10.2. The first kappa shape index (κ1) is 14.9. The van der Waals surface area contributed by atoms with E-state index in [1.54, 1.807) is 12.1 Å². The number of anilines is 3. The first-order chi connectivity index (χ1) is 10.0. The molecule has 1 amide bonds. The van der Waals surface area contributed by atoms with Gasteiger partial charge in [0.15, 0.2) is 0 Å². The molecule has 110 valence electrons. The van der Waals surface area contributed by atoms with E-state index in [1.165, 1.54) is 5.56 Å². The Morgan fingerprint density at radius 3 is 2.33 bits per heavy atom. The molecule has 21 heavy (non-hydrogen) atoms. The maximum atomic E-state index is 12.2. The predicted molar refractivity (Wildman–Crippen MR) is 89.0 cm³/mol. The van der Waals surface area contributed by atoms with Gasteiger partial charge in [-0.15, -0.1) is 0 Å². The maximum absolute atomic E-state index is 12.2. The van der Waals surface area contributed by atoms with Gasteiger partial charge < -0.3 is 16.0 Å². The lowest BCUT2D eigenvalue weighted by Crippen LogP contribution is -2.15. The Bertz CT molecular complexity index is 633. The van der Waals surface area contributed by atoms with E-state index in [1.807, 2.05) is 49.3 Å². The molecule has 0 aliphatic rings. The van der Waals surface area contributed by atoms with Gasteiger partial charge in [0.2, 0.25) is 0 Å². The fourth-order valence-corrected chi connectivity index (χ4v) is 2.13. The molecule has 0 bridgehead atoms. The molecular formula is C17H21N3O. The quantitative estimate of drug-likeness (QED) is 0.847. The molecule has 2 aromatic rings. The van der Waals surface area contributed by atoms with E-state index < -0.39 is 0 Å². The van der Waals surface area contributed by atoms with Gasteiger partial charge in [0.05, 0.1) is 11.4 Å². The molecule has 2 aromatic carbocycles. The van der Waals surface area contributed by atoms with Crippen molar-refractivity contribution < 1.29 is 4.79 Å².